The highest BCUT2D eigenvalue weighted by Gasteiger charge is 2.19. The summed E-state index contributed by atoms with van der Waals surface area (Å²) < 4.78 is 0. The average molecular weight is 186 g/mol. The molecule has 1 aliphatic rings. The quantitative estimate of drug-likeness (QED) is 0.534. The van der Waals surface area contributed by atoms with Gasteiger partial charge in [0.15, 0.2) is 0 Å². The number of para-hydroxylation sites is 1. The predicted octanol–water partition coefficient (Wildman–Crippen LogP) is 1.65. The van der Waals surface area contributed by atoms with Crippen LogP contribution in [-0.4, -0.2) is 13.1 Å². The van der Waals surface area contributed by atoms with Crippen molar-refractivity contribution in [1.29, 1.82) is 0 Å². The second-order valence-corrected chi connectivity index (χ2v) is 3.45. The molecule has 1 aromatic carbocycles. The largest absolute Gasteiger partial charge is 0.397 e. The van der Waals surface area contributed by atoms with Crippen LogP contribution in [0.5, 0.6) is 0 Å². The Morgan fingerprint density at radius 1 is 1.50 bits per heavy atom. The first-order valence-corrected chi connectivity index (χ1v) is 4.85. The molecule has 2 N–H and O–H groups in total. The summed E-state index contributed by atoms with van der Waals surface area (Å²) in [5, 5.41) is 0. The first-order valence-electron chi connectivity index (χ1n) is 4.85. The van der Waals surface area contributed by atoms with Crippen molar-refractivity contribution in [2.45, 2.75) is 13.3 Å². The first kappa shape index (κ1) is 8.96. The molecule has 0 aromatic heterocycles. The molecule has 0 radical (unpaired) electrons. The third-order valence-corrected chi connectivity index (χ3v) is 2.56. The number of anilines is 2. The minimum atomic E-state index is 0.789. The highest BCUT2D eigenvalue weighted by atomic mass is 15.1. The van der Waals surface area contributed by atoms with E-state index in [-0.39, 0.29) is 0 Å². The lowest BCUT2D eigenvalue weighted by atomic mass is 10.1. The van der Waals surface area contributed by atoms with Crippen LogP contribution in [-0.2, 0) is 6.42 Å². The number of hydrogen-bond donors (Lipinski definition) is 1. The van der Waals surface area contributed by atoms with Crippen LogP contribution in [0.3, 0.4) is 0 Å². The van der Waals surface area contributed by atoms with Gasteiger partial charge in [0.25, 0.3) is 0 Å². The van der Waals surface area contributed by atoms with E-state index in [9.17, 15) is 0 Å². The Morgan fingerprint density at radius 3 is 3.14 bits per heavy atom. The van der Waals surface area contributed by atoms with Crippen molar-refractivity contribution in [3.8, 4) is 11.8 Å². The maximum Gasteiger partial charge on any atom is 0.0795 e. The van der Waals surface area contributed by atoms with E-state index in [1.54, 1.807) is 0 Å². The maximum atomic E-state index is 5.94. The van der Waals surface area contributed by atoms with Gasteiger partial charge >= 0.3 is 0 Å². The number of nitrogen functional groups attached to an aromatic ring is 1. The molecule has 14 heavy (non-hydrogen) atoms. The van der Waals surface area contributed by atoms with E-state index in [2.05, 4.69) is 22.8 Å². The number of benzene rings is 1. The molecule has 1 aromatic rings. The number of rotatable bonds is 1. The van der Waals surface area contributed by atoms with Crippen molar-refractivity contribution < 1.29 is 0 Å². The van der Waals surface area contributed by atoms with Crippen LogP contribution in [0.4, 0.5) is 11.4 Å². The van der Waals surface area contributed by atoms with Crippen LogP contribution >= 0.6 is 0 Å². The van der Waals surface area contributed by atoms with Crippen molar-refractivity contribution in [2.24, 2.45) is 0 Å². The van der Waals surface area contributed by atoms with Crippen molar-refractivity contribution in [3.63, 3.8) is 0 Å². The van der Waals surface area contributed by atoms with E-state index in [4.69, 9.17) is 5.73 Å². The third kappa shape index (κ3) is 1.42. The Morgan fingerprint density at radius 2 is 2.36 bits per heavy atom. The second-order valence-electron chi connectivity index (χ2n) is 3.45. The van der Waals surface area contributed by atoms with Crippen molar-refractivity contribution in [3.05, 3.63) is 23.8 Å². The van der Waals surface area contributed by atoms with Gasteiger partial charge in [0.2, 0.25) is 0 Å². The number of fused-ring (bicyclic) bond motifs is 1. The van der Waals surface area contributed by atoms with Crippen molar-refractivity contribution in [1.82, 2.24) is 0 Å². The summed E-state index contributed by atoms with van der Waals surface area (Å²) in [5.41, 5.74) is 9.36. The lowest BCUT2D eigenvalue weighted by Gasteiger charge is -2.17. The summed E-state index contributed by atoms with van der Waals surface area (Å²) in [5.74, 6) is 5.99. The predicted molar refractivity (Wildman–Crippen MR) is 60.2 cm³/mol. The first-order chi connectivity index (χ1) is 6.83. The number of nitrogens with zero attached hydrogens (tertiary/aromatic N) is 1. The molecular formula is C12H14N2. The van der Waals surface area contributed by atoms with Gasteiger partial charge in [-0.05, 0) is 25.0 Å². The van der Waals surface area contributed by atoms with E-state index in [1.165, 1.54) is 11.3 Å². The molecular weight excluding hydrogens is 172 g/mol. The summed E-state index contributed by atoms with van der Waals surface area (Å²) in [6.07, 6.45) is 1.09. The minimum Gasteiger partial charge on any atom is -0.397 e. The fourth-order valence-electron chi connectivity index (χ4n) is 1.90. The zero-order valence-corrected chi connectivity index (χ0v) is 8.38. The topological polar surface area (TPSA) is 29.3 Å². The summed E-state index contributed by atoms with van der Waals surface area (Å²) >= 11 is 0. The fourth-order valence-corrected chi connectivity index (χ4v) is 1.90. The van der Waals surface area contributed by atoms with Crippen LogP contribution < -0.4 is 10.6 Å². The summed E-state index contributed by atoms with van der Waals surface area (Å²) in [6.45, 7) is 3.70. The van der Waals surface area contributed by atoms with Gasteiger partial charge in [-0.2, -0.15) is 0 Å². The molecule has 1 aliphatic heterocycles. The van der Waals surface area contributed by atoms with Gasteiger partial charge in [-0.25, -0.2) is 0 Å². The van der Waals surface area contributed by atoms with Gasteiger partial charge in [0.1, 0.15) is 0 Å². The van der Waals surface area contributed by atoms with E-state index in [0.29, 0.717) is 0 Å². The lowest BCUT2D eigenvalue weighted by Crippen LogP contribution is -2.21. The Balaban J connectivity index is 2.31. The molecule has 2 rings (SSSR count). The summed E-state index contributed by atoms with van der Waals surface area (Å²) in [6, 6.07) is 6.12. The molecule has 0 fully saturated rings. The van der Waals surface area contributed by atoms with Crippen LogP contribution in [0.15, 0.2) is 18.2 Å². The molecule has 0 saturated heterocycles. The van der Waals surface area contributed by atoms with E-state index >= 15 is 0 Å². The lowest BCUT2D eigenvalue weighted by molar-refractivity contribution is 0.915. The molecule has 0 bridgehead atoms. The van der Waals surface area contributed by atoms with Gasteiger partial charge in [-0.15, -0.1) is 5.92 Å². The van der Waals surface area contributed by atoms with E-state index < -0.39 is 0 Å². The van der Waals surface area contributed by atoms with Gasteiger partial charge in [-0.1, -0.05) is 18.1 Å². The van der Waals surface area contributed by atoms with Crippen molar-refractivity contribution >= 4 is 11.4 Å². The number of nitrogens with two attached hydrogens (primary N) is 1. The van der Waals surface area contributed by atoms with Gasteiger partial charge in [-0.3, -0.25) is 0 Å². The Labute approximate surface area is 84.7 Å². The maximum absolute atomic E-state index is 5.94. The Kier molecular flexibility index (Phi) is 2.32. The van der Waals surface area contributed by atoms with Crippen molar-refractivity contribution in [2.75, 3.05) is 23.7 Å². The molecule has 0 spiro atoms. The SMILES string of the molecule is CC#CCN1CCc2cccc(N)c21. The highest BCUT2D eigenvalue weighted by molar-refractivity contribution is 5.74. The molecule has 0 saturated carbocycles. The van der Waals surface area contributed by atoms with E-state index in [1.807, 2.05) is 19.1 Å². The molecule has 0 unspecified atom stereocenters. The Bertz CT molecular complexity index is 399. The molecule has 1 heterocycles. The van der Waals surface area contributed by atoms with E-state index in [0.717, 1.165) is 25.2 Å². The van der Waals surface area contributed by atoms with Crippen LogP contribution in [0, 0.1) is 11.8 Å². The average Bonchev–Trinajstić information content (AvgIpc) is 2.59. The van der Waals surface area contributed by atoms with Crippen LogP contribution in [0.1, 0.15) is 12.5 Å². The normalized spacial score (nSPS) is 13.4. The second kappa shape index (κ2) is 3.63. The minimum absolute atomic E-state index is 0.789. The highest BCUT2D eigenvalue weighted by Crippen LogP contribution is 2.32. The molecule has 0 amide bonds. The zero-order chi connectivity index (χ0) is 9.97. The van der Waals surface area contributed by atoms with Crippen LogP contribution in [0.25, 0.3) is 0 Å². The molecule has 2 heteroatoms. The molecule has 0 aliphatic carbocycles. The monoisotopic (exact) mass is 186 g/mol. The molecule has 72 valence electrons. The standard InChI is InChI=1S/C12H14N2/c1-2-3-8-14-9-7-10-5-4-6-11(13)12(10)14/h4-6H,7-9,13H2,1H3. The van der Waals surface area contributed by atoms with Gasteiger partial charge in [0, 0.05) is 6.54 Å². The van der Waals surface area contributed by atoms with Crippen LogP contribution in [0.2, 0.25) is 0 Å². The Hall–Kier alpha value is -1.62. The van der Waals surface area contributed by atoms with Gasteiger partial charge in [0.05, 0.1) is 17.9 Å². The fraction of sp³-hybridized carbons (Fsp3) is 0.333. The number of hydrogen-bond acceptors (Lipinski definition) is 2. The smallest absolute Gasteiger partial charge is 0.0795 e. The molecule has 0 atom stereocenters. The summed E-state index contributed by atoms with van der Waals surface area (Å²) in [4.78, 5) is 2.25. The zero-order valence-electron chi connectivity index (χ0n) is 8.38. The third-order valence-electron chi connectivity index (χ3n) is 2.56. The summed E-state index contributed by atoms with van der Waals surface area (Å²) in [7, 11) is 0. The van der Waals surface area contributed by atoms with Gasteiger partial charge < -0.3 is 10.6 Å². The molecule has 2 nitrogen and oxygen atoms in total.